The summed E-state index contributed by atoms with van der Waals surface area (Å²) in [7, 11) is -0.595. The number of carbonyl (C=O) groups is 1. The molecule has 0 saturated carbocycles. The summed E-state index contributed by atoms with van der Waals surface area (Å²) in [4.78, 5) is 11.5. The third kappa shape index (κ3) is 3.69. The van der Waals surface area contributed by atoms with Crippen LogP contribution in [0.15, 0.2) is 54.6 Å². The Balaban J connectivity index is 1.96. The molecule has 1 N–H and O–H groups in total. The van der Waals surface area contributed by atoms with E-state index in [0.29, 0.717) is 0 Å². The number of carboxylic acids is 1. The molecule has 0 spiro atoms. The Morgan fingerprint density at radius 3 is 2.12 bits per heavy atom. The molecule has 0 radical (unpaired) electrons. The Bertz CT molecular complexity index is 770. The molecule has 1 aliphatic rings. The molecule has 3 rings (SSSR count). The van der Waals surface area contributed by atoms with Crippen molar-refractivity contribution in [3.8, 4) is 11.1 Å². The molecular formula is C21H25BO4. The van der Waals surface area contributed by atoms with Gasteiger partial charge in [-0.3, -0.25) is 4.79 Å². The number of benzene rings is 2. The van der Waals surface area contributed by atoms with Gasteiger partial charge in [0.25, 0.3) is 0 Å². The van der Waals surface area contributed by atoms with Gasteiger partial charge in [-0.2, -0.15) is 0 Å². The van der Waals surface area contributed by atoms with E-state index in [1.165, 1.54) is 0 Å². The lowest BCUT2D eigenvalue weighted by Crippen LogP contribution is -2.41. The second-order valence-electron chi connectivity index (χ2n) is 7.82. The third-order valence-electron chi connectivity index (χ3n) is 5.42. The summed E-state index contributed by atoms with van der Waals surface area (Å²) in [5, 5.41) is 9.44. The molecule has 4 nitrogen and oxygen atoms in total. The van der Waals surface area contributed by atoms with Crippen LogP contribution in [0.5, 0.6) is 0 Å². The van der Waals surface area contributed by atoms with Crippen molar-refractivity contribution in [3.63, 3.8) is 0 Å². The fourth-order valence-electron chi connectivity index (χ4n) is 3.19. The van der Waals surface area contributed by atoms with Gasteiger partial charge in [0.2, 0.25) is 0 Å². The monoisotopic (exact) mass is 352 g/mol. The number of carboxylic acid groups (broad SMARTS) is 1. The molecule has 1 saturated heterocycles. The highest BCUT2D eigenvalue weighted by atomic mass is 16.7. The molecule has 2 aromatic carbocycles. The lowest BCUT2D eigenvalue weighted by atomic mass is 9.66. The summed E-state index contributed by atoms with van der Waals surface area (Å²) >= 11 is 0. The largest absolute Gasteiger partial charge is 0.481 e. The molecule has 0 amide bonds. The van der Waals surface area contributed by atoms with E-state index in [1.54, 1.807) is 0 Å². The normalized spacial score (nSPS) is 19.3. The first-order chi connectivity index (χ1) is 12.2. The van der Waals surface area contributed by atoms with Crippen LogP contribution in [0.25, 0.3) is 11.1 Å². The summed E-state index contributed by atoms with van der Waals surface area (Å²) in [5.41, 5.74) is 2.07. The predicted molar refractivity (Wildman–Crippen MR) is 103 cm³/mol. The Labute approximate surface area is 155 Å². The smallest absolute Gasteiger partial charge is 0.466 e. The maximum atomic E-state index is 11.5. The van der Waals surface area contributed by atoms with Crippen molar-refractivity contribution in [1.29, 1.82) is 0 Å². The van der Waals surface area contributed by atoms with Gasteiger partial charge in [0.15, 0.2) is 0 Å². The van der Waals surface area contributed by atoms with Crippen LogP contribution in [-0.2, 0) is 14.1 Å². The summed E-state index contributed by atoms with van der Waals surface area (Å²) in [6.07, 6.45) is -0.0466. The lowest BCUT2D eigenvalue weighted by Gasteiger charge is -2.32. The molecule has 1 atom stereocenters. The van der Waals surface area contributed by atoms with Crippen molar-refractivity contribution in [3.05, 3.63) is 60.2 Å². The summed E-state index contributed by atoms with van der Waals surface area (Å²) in [6, 6.07) is 18.0. The molecule has 1 aliphatic heterocycles. The molecule has 1 unspecified atom stereocenters. The first-order valence-corrected chi connectivity index (χ1v) is 8.92. The molecule has 1 heterocycles. The first kappa shape index (κ1) is 18.7. The van der Waals surface area contributed by atoms with Crippen molar-refractivity contribution in [2.45, 2.75) is 51.1 Å². The molecule has 2 aromatic rings. The fourth-order valence-corrected chi connectivity index (χ4v) is 3.19. The molecule has 0 aliphatic carbocycles. The maximum absolute atomic E-state index is 11.5. The van der Waals surface area contributed by atoms with Crippen molar-refractivity contribution in [2.24, 2.45) is 0 Å². The van der Waals surface area contributed by atoms with Gasteiger partial charge < -0.3 is 14.4 Å². The van der Waals surface area contributed by atoms with Crippen molar-refractivity contribution in [2.75, 3.05) is 0 Å². The summed E-state index contributed by atoms with van der Waals surface area (Å²) in [6.45, 7) is 7.91. The van der Waals surface area contributed by atoms with E-state index >= 15 is 0 Å². The Hall–Kier alpha value is -2.11. The van der Waals surface area contributed by atoms with Crippen LogP contribution in [0.4, 0.5) is 0 Å². The second-order valence-corrected chi connectivity index (χ2v) is 7.82. The molecular weight excluding hydrogens is 327 g/mol. The standard InChI is InChI=1S/C21H25BO4/c1-20(2)21(3,4)26-22(25-20)18(14-19(23)24)17-12-8-11-16(13-17)15-9-6-5-7-10-15/h5-13,18H,14H2,1-4H3,(H,23,24). The second kappa shape index (κ2) is 6.90. The van der Waals surface area contributed by atoms with E-state index < -0.39 is 24.3 Å². The van der Waals surface area contributed by atoms with E-state index in [-0.39, 0.29) is 12.2 Å². The van der Waals surface area contributed by atoms with E-state index in [2.05, 4.69) is 0 Å². The van der Waals surface area contributed by atoms with E-state index in [0.717, 1.165) is 16.7 Å². The van der Waals surface area contributed by atoms with Gasteiger partial charge >= 0.3 is 13.1 Å². The molecule has 26 heavy (non-hydrogen) atoms. The van der Waals surface area contributed by atoms with Gasteiger partial charge in [0.05, 0.1) is 17.6 Å². The Morgan fingerprint density at radius 2 is 1.54 bits per heavy atom. The van der Waals surface area contributed by atoms with Crippen LogP contribution in [0.1, 0.15) is 45.5 Å². The van der Waals surface area contributed by atoms with Crippen LogP contribution in [0, 0.1) is 0 Å². The van der Waals surface area contributed by atoms with Gasteiger partial charge in [-0.15, -0.1) is 0 Å². The van der Waals surface area contributed by atoms with Crippen LogP contribution >= 0.6 is 0 Å². The van der Waals surface area contributed by atoms with Crippen LogP contribution in [0.3, 0.4) is 0 Å². The van der Waals surface area contributed by atoms with Crippen molar-refractivity contribution >= 4 is 13.1 Å². The van der Waals surface area contributed by atoms with Crippen LogP contribution < -0.4 is 0 Å². The predicted octanol–water partition coefficient (Wildman–Crippen LogP) is 4.54. The summed E-state index contributed by atoms with van der Waals surface area (Å²) in [5.74, 6) is -1.24. The number of hydrogen-bond donors (Lipinski definition) is 1. The third-order valence-corrected chi connectivity index (χ3v) is 5.42. The zero-order chi connectivity index (χ0) is 18.9. The number of aliphatic carboxylic acids is 1. The number of hydrogen-bond acceptors (Lipinski definition) is 3. The van der Waals surface area contributed by atoms with E-state index in [4.69, 9.17) is 9.31 Å². The Kier molecular flexibility index (Phi) is 4.95. The van der Waals surface area contributed by atoms with Gasteiger partial charge in [-0.05, 0) is 44.4 Å². The minimum absolute atomic E-state index is 0.0466. The van der Waals surface area contributed by atoms with Crippen LogP contribution in [-0.4, -0.2) is 29.4 Å². The topological polar surface area (TPSA) is 55.8 Å². The SMILES string of the molecule is CC1(C)OB(C(CC(=O)O)c2cccc(-c3ccccc3)c2)OC1(C)C. The zero-order valence-corrected chi connectivity index (χ0v) is 15.7. The highest BCUT2D eigenvalue weighted by molar-refractivity contribution is 6.48. The van der Waals surface area contributed by atoms with Crippen LogP contribution in [0.2, 0.25) is 0 Å². The first-order valence-electron chi connectivity index (χ1n) is 8.92. The van der Waals surface area contributed by atoms with E-state index in [9.17, 15) is 9.90 Å². The van der Waals surface area contributed by atoms with Crippen molar-refractivity contribution < 1.29 is 19.2 Å². The molecule has 136 valence electrons. The zero-order valence-electron chi connectivity index (χ0n) is 15.7. The van der Waals surface area contributed by atoms with Gasteiger partial charge in [-0.1, -0.05) is 54.6 Å². The minimum Gasteiger partial charge on any atom is -0.481 e. The molecule has 5 heteroatoms. The average molecular weight is 352 g/mol. The Morgan fingerprint density at radius 1 is 0.962 bits per heavy atom. The fraction of sp³-hybridized carbons (Fsp3) is 0.381. The van der Waals surface area contributed by atoms with Gasteiger partial charge in [0.1, 0.15) is 0 Å². The molecule has 0 bridgehead atoms. The molecule has 0 aromatic heterocycles. The minimum atomic E-state index is -0.866. The lowest BCUT2D eigenvalue weighted by molar-refractivity contribution is -0.137. The van der Waals surface area contributed by atoms with E-state index in [1.807, 2.05) is 82.3 Å². The highest BCUT2D eigenvalue weighted by Crippen LogP contribution is 2.42. The summed E-state index contributed by atoms with van der Waals surface area (Å²) < 4.78 is 12.3. The quantitative estimate of drug-likeness (QED) is 0.803. The van der Waals surface area contributed by atoms with Crippen molar-refractivity contribution in [1.82, 2.24) is 0 Å². The molecule has 1 fully saturated rings. The number of rotatable bonds is 5. The van der Waals surface area contributed by atoms with Gasteiger partial charge in [0, 0.05) is 5.82 Å². The van der Waals surface area contributed by atoms with Gasteiger partial charge in [-0.25, -0.2) is 0 Å². The highest BCUT2D eigenvalue weighted by Gasteiger charge is 2.54. The maximum Gasteiger partial charge on any atom is 0.466 e. The average Bonchev–Trinajstić information content (AvgIpc) is 2.81.